The van der Waals surface area contributed by atoms with Crippen LogP contribution in [0.15, 0.2) is 61.2 Å². The summed E-state index contributed by atoms with van der Waals surface area (Å²) in [5, 5.41) is 0. The lowest BCUT2D eigenvalue weighted by atomic mass is 10.1. The standard InChI is InChI=1S/C26H26N6O2/c1-17-15-30-25(31-17)24-23(27-11-12-28-24)21-7-5-13-32(21)26(33)19-9-10-20(29-16-19)14-18-6-3-4-8-22(18)34-2/h3-4,6,8-12,15-16,21H,5,7,13-14H2,1-2H3,(H,30,31)/t21-/m0/s1. The minimum atomic E-state index is -0.158. The first-order valence-corrected chi connectivity index (χ1v) is 11.3. The zero-order valence-electron chi connectivity index (χ0n) is 19.2. The number of para-hydroxylation sites is 1. The number of carbonyl (C=O) groups is 1. The number of nitrogens with zero attached hydrogens (tertiary/aromatic N) is 5. The topological polar surface area (TPSA) is 96.9 Å². The van der Waals surface area contributed by atoms with Crippen molar-refractivity contribution in [2.24, 2.45) is 0 Å². The van der Waals surface area contributed by atoms with E-state index in [1.54, 1.807) is 31.9 Å². The number of aromatic nitrogens is 5. The number of ether oxygens (including phenoxy) is 1. The van der Waals surface area contributed by atoms with Gasteiger partial charge in [-0.15, -0.1) is 0 Å². The molecule has 0 radical (unpaired) electrons. The van der Waals surface area contributed by atoms with Gasteiger partial charge in [-0.25, -0.2) is 9.97 Å². The van der Waals surface area contributed by atoms with Crippen LogP contribution in [0.1, 0.15) is 51.9 Å². The van der Waals surface area contributed by atoms with Gasteiger partial charge in [-0.3, -0.25) is 14.8 Å². The molecule has 1 atom stereocenters. The van der Waals surface area contributed by atoms with Gasteiger partial charge in [-0.2, -0.15) is 0 Å². The van der Waals surface area contributed by atoms with Crippen LogP contribution >= 0.6 is 0 Å². The quantitative estimate of drug-likeness (QED) is 0.470. The molecule has 1 N–H and O–H groups in total. The molecular weight excluding hydrogens is 428 g/mol. The van der Waals surface area contributed by atoms with Crippen LogP contribution in [0.4, 0.5) is 0 Å². The molecule has 4 heterocycles. The van der Waals surface area contributed by atoms with E-state index in [1.807, 2.05) is 48.2 Å². The second-order valence-electron chi connectivity index (χ2n) is 8.39. The number of nitrogens with one attached hydrogen (secondary N) is 1. The first kappa shape index (κ1) is 21.8. The SMILES string of the molecule is COc1ccccc1Cc1ccc(C(=O)N2CCC[C@H]2c2nccnc2-c2ncc(C)[nH]2)cn1. The summed E-state index contributed by atoms with van der Waals surface area (Å²) in [7, 11) is 1.66. The highest BCUT2D eigenvalue weighted by Gasteiger charge is 2.34. The van der Waals surface area contributed by atoms with Crippen LogP contribution in [0.25, 0.3) is 11.5 Å². The third kappa shape index (κ3) is 4.26. The lowest BCUT2D eigenvalue weighted by molar-refractivity contribution is 0.0732. The first-order chi connectivity index (χ1) is 16.6. The van der Waals surface area contributed by atoms with Gasteiger partial charge < -0.3 is 14.6 Å². The summed E-state index contributed by atoms with van der Waals surface area (Å²) >= 11 is 0. The summed E-state index contributed by atoms with van der Waals surface area (Å²) in [6.45, 7) is 2.61. The molecule has 0 bridgehead atoms. The van der Waals surface area contributed by atoms with E-state index in [0.29, 0.717) is 30.0 Å². The van der Waals surface area contributed by atoms with Crippen LogP contribution in [-0.2, 0) is 6.42 Å². The first-order valence-electron chi connectivity index (χ1n) is 11.3. The maximum Gasteiger partial charge on any atom is 0.255 e. The van der Waals surface area contributed by atoms with Crippen molar-refractivity contribution in [3.8, 4) is 17.3 Å². The molecular formula is C26H26N6O2. The van der Waals surface area contributed by atoms with E-state index >= 15 is 0 Å². The number of pyridine rings is 1. The van der Waals surface area contributed by atoms with Crippen molar-refractivity contribution in [1.82, 2.24) is 29.8 Å². The molecule has 0 aliphatic carbocycles. The summed E-state index contributed by atoms with van der Waals surface area (Å²) in [6.07, 6.45) is 9.13. The maximum absolute atomic E-state index is 13.4. The molecule has 1 amide bonds. The van der Waals surface area contributed by atoms with Gasteiger partial charge >= 0.3 is 0 Å². The molecule has 4 aromatic rings. The van der Waals surface area contributed by atoms with Gasteiger partial charge in [0.15, 0.2) is 5.82 Å². The molecule has 8 heteroatoms. The number of hydrogen-bond donors (Lipinski definition) is 1. The average Bonchev–Trinajstić information content (AvgIpc) is 3.54. The van der Waals surface area contributed by atoms with E-state index in [4.69, 9.17) is 4.74 Å². The Morgan fingerprint density at radius 1 is 1.09 bits per heavy atom. The van der Waals surface area contributed by atoms with Crippen LogP contribution in [0, 0.1) is 6.92 Å². The fraction of sp³-hybridized carbons (Fsp3) is 0.269. The number of aromatic amines is 1. The van der Waals surface area contributed by atoms with Gasteiger partial charge in [-0.05, 0) is 38.0 Å². The number of likely N-dealkylation sites (tertiary alicyclic amines) is 1. The average molecular weight is 455 g/mol. The van der Waals surface area contributed by atoms with E-state index < -0.39 is 0 Å². The van der Waals surface area contributed by atoms with Crippen LogP contribution in [-0.4, -0.2) is 49.4 Å². The number of aryl methyl sites for hydroxylation is 1. The van der Waals surface area contributed by atoms with Crippen molar-refractivity contribution in [2.75, 3.05) is 13.7 Å². The van der Waals surface area contributed by atoms with Gasteiger partial charge in [0.2, 0.25) is 0 Å². The number of rotatable bonds is 6. The third-order valence-corrected chi connectivity index (χ3v) is 6.12. The molecule has 0 unspecified atom stereocenters. The minimum Gasteiger partial charge on any atom is -0.496 e. The molecule has 1 aliphatic rings. The Kier molecular flexibility index (Phi) is 6.03. The lowest BCUT2D eigenvalue weighted by Gasteiger charge is -2.25. The number of benzene rings is 1. The molecule has 172 valence electrons. The largest absolute Gasteiger partial charge is 0.496 e. The Balaban J connectivity index is 1.37. The molecule has 0 saturated carbocycles. The second kappa shape index (κ2) is 9.43. The smallest absolute Gasteiger partial charge is 0.255 e. The van der Waals surface area contributed by atoms with Crippen LogP contribution < -0.4 is 4.74 Å². The number of H-pyrrole nitrogens is 1. The zero-order chi connectivity index (χ0) is 23.5. The normalized spacial score (nSPS) is 15.5. The monoisotopic (exact) mass is 454 g/mol. The van der Waals surface area contributed by atoms with E-state index in [0.717, 1.165) is 41.2 Å². The Hall–Kier alpha value is -4.07. The number of carbonyl (C=O) groups excluding carboxylic acids is 1. The van der Waals surface area contributed by atoms with Crippen molar-refractivity contribution in [3.63, 3.8) is 0 Å². The van der Waals surface area contributed by atoms with Gasteiger partial charge in [0.05, 0.1) is 24.4 Å². The number of hydrogen-bond acceptors (Lipinski definition) is 6. The molecule has 1 aliphatic heterocycles. The summed E-state index contributed by atoms with van der Waals surface area (Å²) in [5.41, 5.74) is 4.90. The number of methoxy groups -OCH3 is 1. The zero-order valence-corrected chi connectivity index (χ0v) is 19.2. The molecule has 1 aromatic carbocycles. The predicted octanol–water partition coefficient (Wildman–Crippen LogP) is 4.15. The molecule has 1 fully saturated rings. The number of amides is 1. The Morgan fingerprint density at radius 2 is 1.94 bits per heavy atom. The van der Waals surface area contributed by atoms with Crippen LogP contribution in [0.5, 0.6) is 5.75 Å². The summed E-state index contributed by atoms with van der Waals surface area (Å²) in [4.78, 5) is 36.7. The summed E-state index contributed by atoms with van der Waals surface area (Å²) in [5.74, 6) is 1.45. The molecule has 5 rings (SSSR count). The highest BCUT2D eigenvalue weighted by atomic mass is 16.5. The van der Waals surface area contributed by atoms with Crippen molar-refractivity contribution in [1.29, 1.82) is 0 Å². The fourth-order valence-electron chi connectivity index (χ4n) is 4.47. The predicted molar refractivity (Wildman–Crippen MR) is 127 cm³/mol. The fourth-order valence-corrected chi connectivity index (χ4v) is 4.47. The highest BCUT2D eigenvalue weighted by molar-refractivity contribution is 5.94. The van der Waals surface area contributed by atoms with Crippen molar-refractivity contribution in [2.45, 2.75) is 32.2 Å². The van der Waals surface area contributed by atoms with Crippen LogP contribution in [0.2, 0.25) is 0 Å². The van der Waals surface area contributed by atoms with Gasteiger partial charge in [-0.1, -0.05) is 18.2 Å². The molecule has 0 spiro atoms. The van der Waals surface area contributed by atoms with Crippen molar-refractivity contribution < 1.29 is 9.53 Å². The van der Waals surface area contributed by atoms with Crippen molar-refractivity contribution in [3.05, 3.63) is 89.4 Å². The van der Waals surface area contributed by atoms with Crippen LogP contribution in [0.3, 0.4) is 0 Å². The Morgan fingerprint density at radius 3 is 2.71 bits per heavy atom. The van der Waals surface area contributed by atoms with Crippen molar-refractivity contribution >= 4 is 5.91 Å². The van der Waals surface area contributed by atoms with E-state index in [9.17, 15) is 4.79 Å². The minimum absolute atomic E-state index is 0.0499. The summed E-state index contributed by atoms with van der Waals surface area (Å²) < 4.78 is 5.44. The van der Waals surface area contributed by atoms with E-state index in [2.05, 4.69) is 24.9 Å². The van der Waals surface area contributed by atoms with Gasteiger partial charge in [0.1, 0.15) is 11.4 Å². The Labute approximate surface area is 198 Å². The van der Waals surface area contributed by atoms with E-state index in [1.165, 1.54) is 0 Å². The maximum atomic E-state index is 13.4. The molecule has 3 aromatic heterocycles. The molecule has 8 nitrogen and oxygen atoms in total. The lowest BCUT2D eigenvalue weighted by Crippen LogP contribution is -2.31. The second-order valence-corrected chi connectivity index (χ2v) is 8.39. The van der Waals surface area contributed by atoms with Gasteiger partial charge in [0, 0.05) is 54.7 Å². The Bertz CT molecular complexity index is 1300. The van der Waals surface area contributed by atoms with E-state index in [-0.39, 0.29) is 11.9 Å². The number of imidazole rings is 1. The summed E-state index contributed by atoms with van der Waals surface area (Å²) in [6, 6.07) is 11.5. The molecule has 34 heavy (non-hydrogen) atoms. The van der Waals surface area contributed by atoms with Gasteiger partial charge in [0.25, 0.3) is 5.91 Å². The molecule has 1 saturated heterocycles. The third-order valence-electron chi connectivity index (χ3n) is 6.12. The highest BCUT2D eigenvalue weighted by Crippen LogP contribution is 2.35.